The minimum absolute atomic E-state index is 0.0388. The van der Waals surface area contributed by atoms with Crippen LogP contribution in [0.15, 0.2) is 50.1 Å². The lowest BCUT2D eigenvalue weighted by Gasteiger charge is -2.16. The number of hydrogen-bond acceptors (Lipinski definition) is 3. The fourth-order valence-electron chi connectivity index (χ4n) is 2.86. The summed E-state index contributed by atoms with van der Waals surface area (Å²) < 4.78 is 7.00. The molecule has 25 heavy (non-hydrogen) atoms. The Morgan fingerprint density at radius 1 is 1.20 bits per heavy atom. The van der Waals surface area contributed by atoms with Gasteiger partial charge in [-0.15, -0.1) is 0 Å². The van der Waals surface area contributed by atoms with Crippen LogP contribution < -0.4 is 11.2 Å². The van der Waals surface area contributed by atoms with Gasteiger partial charge < -0.3 is 10.2 Å². The maximum atomic E-state index is 13.3. The Labute approximate surface area is 159 Å². The molecule has 1 heterocycles. The van der Waals surface area contributed by atoms with Gasteiger partial charge in [0.2, 0.25) is 5.43 Å². The zero-order chi connectivity index (χ0) is 18.1. The van der Waals surface area contributed by atoms with Crippen LogP contribution in [-0.2, 0) is 6.54 Å². The zero-order valence-electron chi connectivity index (χ0n) is 14.1. The van der Waals surface area contributed by atoms with Crippen LogP contribution in [0.25, 0.3) is 22.1 Å². The molecule has 0 saturated heterocycles. The number of nitrogens with two attached hydrogens (primary N) is 1. The molecule has 1 aromatic heterocycles. The summed E-state index contributed by atoms with van der Waals surface area (Å²) >= 11 is 9.54. The van der Waals surface area contributed by atoms with Crippen molar-refractivity contribution in [2.75, 3.05) is 0 Å². The normalized spacial score (nSPS) is 12.5. The molecular weight excluding hydrogens is 402 g/mol. The van der Waals surface area contributed by atoms with Crippen molar-refractivity contribution < 1.29 is 4.42 Å². The van der Waals surface area contributed by atoms with Gasteiger partial charge in [-0.25, -0.2) is 0 Å². The largest absolute Gasteiger partial charge is 0.459 e. The molecule has 0 aliphatic carbocycles. The van der Waals surface area contributed by atoms with Crippen LogP contribution in [0.5, 0.6) is 0 Å². The summed E-state index contributed by atoms with van der Waals surface area (Å²) in [6, 6.07) is 10.9. The van der Waals surface area contributed by atoms with Crippen LogP contribution in [0.2, 0.25) is 5.02 Å². The Morgan fingerprint density at radius 3 is 2.48 bits per heavy atom. The molecule has 0 aliphatic heterocycles. The first-order chi connectivity index (χ1) is 12.0. The van der Waals surface area contributed by atoms with Gasteiger partial charge in [0.1, 0.15) is 5.76 Å². The van der Waals surface area contributed by atoms with Crippen LogP contribution in [0.3, 0.4) is 0 Å². The second-order valence-electron chi connectivity index (χ2n) is 6.11. The third kappa shape index (κ3) is 3.26. The van der Waals surface area contributed by atoms with Crippen molar-refractivity contribution in [3.8, 4) is 11.1 Å². The minimum atomic E-state index is -0.0388. The lowest BCUT2D eigenvalue weighted by molar-refractivity contribution is 0.489. The van der Waals surface area contributed by atoms with E-state index in [1.54, 1.807) is 18.2 Å². The fraction of sp³-hybridized carbons (Fsp3) is 0.250. The Hall–Kier alpha value is -1.62. The number of fused-ring (bicyclic) bond motifs is 1. The Kier molecular flexibility index (Phi) is 5.32. The van der Waals surface area contributed by atoms with Gasteiger partial charge >= 0.3 is 0 Å². The van der Waals surface area contributed by atoms with Gasteiger partial charge in [0.05, 0.1) is 15.4 Å². The van der Waals surface area contributed by atoms with Crippen LogP contribution in [0.4, 0.5) is 0 Å². The van der Waals surface area contributed by atoms with Crippen LogP contribution in [-0.4, -0.2) is 0 Å². The summed E-state index contributed by atoms with van der Waals surface area (Å²) in [5.74, 6) is 0.799. The van der Waals surface area contributed by atoms with E-state index in [9.17, 15) is 4.79 Å². The van der Waals surface area contributed by atoms with Crippen molar-refractivity contribution in [3.63, 3.8) is 0 Å². The predicted molar refractivity (Wildman–Crippen MR) is 107 cm³/mol. The Bertz CT molecular complexity index is 980. The monoisotopic (exact) mass is 419 g/mol. The van der Waals surface area contributed by atoms with Crippen LogP contribution in [0, 0.1) is 0 Å². The molecule has 0 amide bonds. The van der Waals surface area contributed by atoms with Gasteiger partial charge in [0.15, 0.2) is 5.58 Å². The molecule has 0 fully saturated rings. The molecule has 5 heteroatoms. The van der Waals surface area contributed by atoms with Crippen LogP contribution >= 0.6 is 27.5 Å². The highest BCUT2D eigenvalue weighted by Crippen LogP contribution is 2.35. The average Bonchev–Trinajstić information content (AvgIpc) is 2.62. The number of hydrogen-bond donors (Lipinski definition) is 1. The van der Waals surface area contributed by atoms with E-state index in [-0.39, 0.29) is 11.3 Å². The highest BCUT2D eigenvalue weighted by molar-refractivity contribution is 9.10. The highest BCUT2D eigenvalue weighted by atomic mass is 79.9. The summed E-state index contributed by atoms with van der Waals surface area (Å²) in [6.07, 6.45) is 0.864. The van der Waals surface area contributed by atoms with Crippen molar-refractivity contribution in [2.45, 2.75) is 32.7 Å². The van der Waals surface area contributed by atoms with E-state index >= 15 is 0 Å². The number of rotatable bonds is 4. The van der Waals surface area contributed by atoms with Crippen molar-refractivity contribution in [1.29, 1.82) is 0 Å². The number of benzene rings is 2. The van der Waals surface area contributed by atoms with E-state index in [4.69, 9.17) is 21.8 Å². The van der Waals surface area contributed by atoms with Crippen molar-refractivity contribution in [2.24, 2.45) is 5.73 Å². The first-order valence-electron chi connectivity index (χ1n) is 8.22. The predicted octanol–water partition coefficient (Wildman–Crippen LogP) is 5.85. The maximum absolute atomic E-state index is 13.3. The molecule has 0 radical (unpaired) electrons. The SMILES string of the molecule is CCC(C)c1oc2c(Br)c(CN)ccc2c(=O)c1-c1ccc(Cl)cc1. The fourth-order valence-corrected chi connectivity index (χ4v) is 3.58. The second kappa shape index (κ2) is 7.32. The highest BCUT2D eigenvalue weighted by Gasteiger charge is 2.21. The van der Waals surface area contributed by atoms with Gasteiger partial charge in [0, 0.05) is 17.5 Å². The van der Waals surface area contributed by atoms with Crippen molar-refractivity contribution in [3.05, 3.63) is 67.4 Å². The molecule has 0 spiro atoms. The van der Waals surface area contributed by atoms with Gasteiger partial charge in [-0.3, -0.25) is 4.79 Å². The summed E-state index contributed by atoms with van der Waals surface area (Å²) in [5, 5.41) is 1.18. The second-order valence-corrected chi connectivity index (χ2v) is 7.34. The lowest BCUT2D eigenvalue weighted by Crippen LogP contribution is -2.12. The van der Waals surface area contributed by atoms with E-state index in [0.717, 1.165) is 22.0 Å². The molecular formula is C20H19BrClNO2. The third-order valence-corrected chi connectivity index (χ3v) is 5.64. The molecule has 130 valence electrons. The summed E-state index contributed by atoms with van der Waals surface area (Å²) in [6.45, 7) is 4.51. The van der Waals surface area contributed by atoms with E-state index in [1.807, 2.05) is 18.2 Å². The van der Waals surface area contributed by atoms with Gasteiger partial charge in [-0.1, -0.05) is 43.6 Å². The van der Waals surface area contributed by atoms with Crippen molar-refractivity contribution in [1.82, 2.24) is 0 Å². The summed E-state index contributed by atoms with van der Waals surface area (Å²) in [7, 11) is 0. The topological polar surface area (TPSA) is 56.2 Å². The molecule has 1 atom stereocenters. The Balaban J connectivity index is 2.40. The van der Waals surface area contributed by atoms with E-state index in [1.165, 1.54) is 0 Å². The van der Waals surface area contributed by atoms with Crippen molar-refractivity contribution >= 4 is 38.5 Å². The minimum Gasteiger partial charge on any atom is -0.459 e. The molecule has 0 saturated carbocycles. The molecule has 2 aromatic carbocycles. The third-order valence-electron chi connectivity index (χ3n) is 4.52. The molecule has 1 unspecified atom stereocenters. The molecule has 3 nitrogen and oxygen atoms in total. The van der Waals surface area contributed by atoms with Gasteiger partial charge in [0.25, 0.3) is 0 Å². The molecule has 0 bridgehead atoms. The molecule has 0 aliphatic rings. The molecule has 3 aromatic rings. The summed E-state index contributed by atoms with van der Waals surface area (Å²) in [5.41, 5.74) is 8.62. The average molecular weight is 421 g/mol. The maximum Gasteiger partial charge on any atom is 0.200 e. The first kappa shape index (κ1) is 18.2. The van der Waals surface area contributed by atoms with E-state index < -0.39 is 0 Å². The lowest BCUT2D eigenvalue weighted by atomic mass is 9.94. The van der Waals surface area contributed by atoms with E-state index in [2.05, 4.69) is 29.8 Å². The standard InChI is InChI=1S/C20H19BrClNO2/c1-3-11(2)19-16(12-4-7-14(22)8-5-12)18(24)15-9-6-13(10-23)17(21)20(15)25-19/h4-9,11H,3,10,23H2,1-2H3. The number of halogens is 2. The first-order valence-corrected chi connectivity index (χ1v) is 9.39. The summed E-state index contributed by atoms with van der Waals surface area (Å²) in [4.78, 5) is 13.3. The smallest absolute Gasteiger partial charge is 0.200 e. The van der Waals surface area contributed by atoms with Gasteiger partial charge in [-0.05, 0) is 51.7 Å². The van der Waals surface area contributed by atoms with Crippen LogP contribution in [0.1, 0.15) is 37.5 Å². The van der Waals surface area contributed by atoms with Gasteiger partial charge in [-0.2, -0.15) is 0 Å². The quantitative estimate of drug-likeness (QED) is 0.576. The zero-order valence-corrected chi connectivity index (χ0v) is 16.4. The van der Waals surface area contributed by atoms with E-state index in [0.29, 0.717) is 33.9 Å². The molecule has 3 rings (SSSR count). The molecule has 2 N–H and O–H groups in total. The Morgan fingerprint density at radius 2 is 1.88 bits per heavy atom.